The number of hydrogen-bond acceptors (Lipinski definition) is 12. The quantitative estimate of drug-likeness (QED) is 0.0685. The van der Waals surface area contributed by atoms with Gasteiger partial charge in [0.1, 0.15) is 24.4 Å². The van der Waals surface area contributed by atoms with Gasteiger partial charge in [0.15, 0.2) is 0 Å². The fourth-order valence-electron chi connectivity index (χ4n) is 6.13. The average molecular weight is 667 g/mol. The van der Waals surface area contributed by atoms with Crippen LogP contribution in [0, 0.1) is 0 Å². The Morgan fingerprint density at radius 2 is 0.783 bits per heavy atom. The summed E-state index contributed by atoms with van der Waals surface area (Å²) in [5.74, 6) is 0. The smallest absolute Gasteiger partial charge is 0.109 e. The average Bonchev–Trinajstić information content (AvgIpc) is 3.05. The van der Waals surface area contributed by atoms with Crippen LogP contribution in [0.4, 0.5) is 0 Å². The summed E-state index contributed by atoms with van der Waals surface area (Å²) in [5, 5.41) is 77.4. The van der Waals surface area contributed by atoms with Gasteiger partial charge in [0.2, 0.25) is 0 Å². The molecule has 2 aliphatic rings. The van der Waals surface area contributed by atoms with Gasteiger partial charge in [-0.25, -0.2) is 0 Å². The van der Waals surface area contributed by atoms with E-state index in [1.807, 2.05) is 9.80 Å². The van der Waals surface area contributed by atoms with E-state index in [1.165, 1.54) is 38.5 Å². The second-order valence-corrected chi connectivity index (χ2v) is 13.1. The minimum Gasteiger partial charge on any atom is -0.395 e. The molecule has 8 N–H and O–H groups in total. The number of β-amino-alcohol motifs (C(OH)–C–C–N with tert-alkyl or cyclic N) is 2. The first kappa shape index (κ1) is 43.5. The van der Waals surface area contributed by atoms with Crippen molar-refractivity contribution in [2.75, 3.05) is 65.8 Å². The summed E-state index contributed by atoms with van der Waals surface area (Å²) in [5.41, 5.74) is 0. The third kappa shape index (κ3) is 17.3. The molecule has 0 unspecified atom stereocenters. The summed E-state index contributed by atoms with van der Waals surface area (Å²) in [6.07, 6.45) is 9.18. The van der Waals surface area contributed by atoms with Crippen LogP contribution in [0.1, 0.15) is 104 Å². The van der Waals surface area contributed by atoms with Gasteiger partial charge in [0.25, 0.3) is 0 Å². The van der Waals surface area contributed by atoms with Gasteiger partial charge in [0, 0.05) is 39.5 Å². The van der Waals surface area contributed by atoms with E-state index < -0.39 is 48.7 Å². The number of aliphatic hydroxyl groups excluding tert-OH is 8. The van der Waals surface area contributed by atoms with Crippen LogP contribution in [0.5, 0.6) is 0 Å². The van der Waals surface area contributed by atoms with Crippen molar-refractivity contribution in [1.29, 1.82) is 0 Å². The number of hydrogen-bond donors (Lipinski definition) is 8. The van der Waals surface area contributed by atoms with Crippen molar-refractivity contribution in [1.82, 2.24) is 9.80 Å². The van der Waals surface area contributed by atoms with Gasteiger partial charge < -0.3 is 50.3 Å². The van der Waals surface area contributed by atoms with Crippen molar-refractivity contribution in [2.24, 2.45) is 0 Å². The largest absolute Gasteiger partial charge is 0.395 e. The zero-order valence-electron chi connectivity index (χ0n) is 28.9. The van der Waals surface area contributed by atoms with Gasteiger partial charge in [-0.15, -0.1) is 0 Å². The van der Waals surface area contributed by atoms with Crippen molar-refractivity contribution in [3.63, 3.8) is 0 Å². The summed E-state index contributed by atoms with van der Waals surface area (Å²) in [6.45, 7) is 9.17. The number of unbranched alkanes of at least 4 members (excludes halogenated alkanes) is 10. The summed E-state index contributed by atoms with van der Waals surface area (Å²) >= 11 is 0. The van der Waals surface area contributed by atoms with Crippen molar-refractivity contribution < 1.29 is 50.3 Å². The molecule has 8 atom stereocenters. The molecule has 0 bridgehead atoms. The highest BCUT2D eigenvalue weighted by molar-refractivity contribution is 4.95. The topological polar surface area (TPSA) is 187 Å². The predicted molar refractivity (Wildman–Crippen MR) is 179 cm³/mol. The van der Waals surface area contributed by atoms with Crippen molar-refractivity contribution in [3.05, 3.63) is 0 Å². The highest BCUT2D eigenvalue weighted by Crippen LogP contribution is 2.21. The number of likely N-dealkylation sites (tertiary alicyclic amines) is 2. The second kappa shape index (κ2) is 27.4. The summed E-state index contributed by atoms with van der Waals surface area (Å²) in [7, 11) is 0. The van der Waals surface area contributed by atoms with E-state index in [2.05, 4.69) is 13.8 Å². The number of piperidine rings is 2. The van der Waals surface area contributed by atoms with E-state index in [9.17, 15) is 40.9 Å². The lowest BCUT2D eigenvalue weighted by Crippen LogP contribution is -2.62. The summed E-state index contributed by atoms with van der Waals surface area (Å²) in [6, 6.07) is -0.994. The number of nitrogens with zero attached hydrogens (tertiary/aromatic N) is 2. The Bertz CT molecular complexity index is 640. The Balaban J connectivity index is 0.000000460. The SMILES string of the molecule is CCCCCCOCCCCCN1C[C@H](O)[C@@H](O)[C@H](O)[C@@H]1CO.CCCCCCOCCCCCN1C[C@H](O)[C@@H](O)[C@H](O)[C@H]1CO. The van der Waals surface area contributed by atoms with Crippen molar-refractivity contribution >= 4 is 0 Å². The van der Waals surface area contributed by atoms with Gasteiger partial charge in [-0.3, -0.25) is 9.80 Å². The van der Waals surface area contributed by atoms with E-state index in [1.54, 1.807) is 0 Å². The van der Waals surface area contributed by atoms with E-state index >= 15 is 0 Å². The van der Waals surface area contributed by atoms with Crippen LogP contribution in [0.2, 0.25) is 0 Å². The molecular formula is C34H70N2O10. The first-order chi connectivity index (χ1) is 22.2. The first-order valence-corrected chi connectivity index (χ1v) is 18.2. The lowest BCUT2D eigenvalue weighted by Gasteiger charge is -2.43. The Kier molecular flexibility index (Phi) is 25.9. The zero-order chi connectivity index (χ0) is 34.2. The monoisotopic (exact) mass is 667 g/mol. The third-order valence-electron chi connectivity index (χ3n) is 9.18. The Morgan fingerprint density at radius 3 is 1.09 bits per heavy atom. The molecule has 0 aliphatic carbocycles. The van der Waals surface area contributed by atoms with Gasteiger partial charge in [-0.1, -0.05) is 52.4 Å². The van der Waals surface area contributed by atoms with Gasteiger partial charge in [-0.05, 0) is 64.5 Å². The van der Waals surface area contributed by atoms with E-state index in [-0.39, 0.29) is 26.3 Å². The molecule has 46 heavy (non-hydrogen) atoms. The lowest BCUT2D eigenvalue weighted by molar-refractivity contribution is -0.145. The Labute approximate surface area is 278 Å². The van der Waals surface area contributed by atoms with Crippen molar-refractivity contribution in [3.8, 4) is 0 Å². The molecule has 0 amide bonds. The Morgan fingerprint density at radius 1 is 0.457 bits per heavy atom. The highest BCUT2D eigenvalue weighted by Gasteiger charge is 2.41. The lowest BCUT2D eigenvalue weighted by atomic mass is 9.94. The van der Waals surface area contributed by atoms with Crippen LogP contribution in [-0.4, -0.2) is 165 Å². The minimum atomic E-state index is -1.18. The normalized spacial score (nSPS) is 29.1. The molecule has 0 saturated carbocycles. The molecule has 2 saturated heterocycles. The zero-order valence-corrected chi connectivity index (χ0v) is 28.9. The van der Waals surface area contributed by atoms with Gasteiger partial charge in [-0.2, -0.15) is 0 Å². The van der Waals surface area contributed by atoms with E-state index in [0.717, 1.165) is 77.8 Å². The molecule has 0 aromatic heterocycles. The number of ether oxygens (including phenoxy) is 2. The van der Waals surface area contributed by atoms with Crippen LogP contribution >= 0.6 is 0 Å². The fraction of sp³-hybridized carbons (Fsp3) is 1.00. The summed E-state index contributed by atoms with van der Waals surface area (Å²) in [4.78, 5) is 3.74. The summed E-state index contributed by atoms with van der Waals surface area (Å²) < 4.78 is 11.2. The Hall–Kier alpha value is -0.480. The van der Waals surface area contributed by atoms with Gasteiger partial charge >= 0.3 is 0 Å². The molecule has 0 aromatic carbocycles. The number of aliphatic hydroxyl groups is 8. The maximum absolute atomic E-state index is 9.91. The van der Waals surface area contributed by atoms with Gasteiger partial charge in [0.05, 0.1) is 37.5 Å². The molecule has 0 spiro atoms. The first-order valence-electron chi connectivity index (χ1n) is 18.2. The maximum atomic E-state index is 9.91. The molecule has 2 aliphatic heterocycles. The molecule has 276 valence electrons. The molecule has 2 rings (SSSR count). The minimum absolute atomic E-state index is 0.216. The molecule has 2 fully saturated rings. The van der Waals surface area contributed by atoms with E-state index in [4.69, 9.17) is 9.47 Å². The van der Waals surface area contributed by atoms with Crippen molar-refractivity contribution in [2.45, 2.75) is 152 Å². The second-order valence-electron chi connectivity index (χ2n) is 13.1. The molecule has 2 heterocycles. The van der Waals surface area contributed by atoms with Crippen LogP contribution in [0.3, 0.4) is 0 Å². The fourth-order valence-corrected chi connectivity index (χ4v) is 6.13. The molecule has 0 radical (unpaired) electrons. The van der Waals surface area contributed by atoms with Crippen LogP contribution < -0.4 is 0 Å². The molecule has 0 aromatic rings. The maximum Gasteiger partial charge on any atom is 0.109 e. The molecule has 12 nitrogen and oxygen atoms in total. The molecule has 12 heteroatoms. The standard InChI is InChI=1S/2C17H35NO5/c2*1-2-3-4-7-10-23-11-8-5-6-9-18-12-15(20)17(22)16(21)14(18)13-19/h2*14-17,19-22H,2-13H2,1H3/t14-,15+,16-,17-;14-,15-,16+,17+/m10/s1. The molecular weight excluding hydrogens is 596 g/mol. The van der Waals surface area contributed by atoms with Crippen LogP contribution in [0.15, 0.2) is 0 Å². The number of rotatable bonds is 24. The van der Waals surface area contributed by atoms with Crippen LogP contribution in [-0.2, 0) is 9.47 Å². The van der Waals surface area contributed by atoms with E-state index in [0.29, 0.717) is 13.1 Å². The third-order valence-corrected chi connectivity index (χ3v) is 9.18. The predicted octanol–water partition coefficient (Wildman–Crippen LogP) is 1.03. The van der Waals surface area contributed by atoms with Crippen LogP contribution in [0.25, 0.3) is 0 Å². The highest BCUT2D eigenvalue weighted by atomic mass is 16.5.